The van der Waals surface area contributed by atoms with Gasteiger partial charge in [-0.3, -0.25) is 4.79 Å². The minimum atomic E-state index is -0.639. The third-order valence-corrected chi connectivity index (χ3v) is 4.14. The number of carbonyl (C=O) groups excluding carboxylic acids is 2. The SMILES string of the molecule is Cc1ccc(NC(=O)COC(=O)/C=C/c2cc(Cl)c3c(c2)OCO3)c(C)c1. The fourth-order valence-corrected chi connectivity index (χ4v) is 2.85. The lowest BCUT2D eigenvalue weighted by molar-refractivity contribution is -0.142. The van der Waals surface area contributed by atoms with Crippen LogP contribution in [0.15, 0.2) is 36.4 Å². The third-order valence-electron chi connectivity index (χ3n) is 3.86. The van der Waals surface area contributed by atoms with Crippen molar-refractivity contribution in [2.75, 3.05) is 18.7 Å². The fraction of sp³-hybridized carbons (Fsp3) is 0.200. The molecule has 0 spiro atoms. The van der Waals surface area contributed by atoms with Crippen molar-refractivity contribution < 1.29 is 23.8 Å². The highest BCUT2D eigenvalue weighted by Gasteiger charge is 2.17. The van der Waals surface area contributed by atoms with E-state index in [9.17, 15) is 9.59 Å². The van der Waals surface area contributed by atoms with Gasteiger partial charge in [0.1, 0.15) is 0 Å². The Labute approximate surface area is 161 Å². The van der Waals surface area contributed by atoms with E-state index in [0.29, 0.717) is 27.8 Å². The Hall–Kier alpha value is -2.99. The molecule has 1 aliphatic heterocycles. The number of amides is 1. The number of hydrogen-bond donors (Lipinski definition) is 1. The predicted molar refractivity (Wildman–Crippen MR) is 102 cm³/mol. The molecule has 27 heavy (non-hydrogen) atoms. The van der Waals surface area contributed by atoms with Gasteiger partial charge in [0, 0.05) is 11.8 Å². The van der Waals surface area contributed by atoms with Gasteiger partial charge >= 0.3 is 5.97 Å². The number of anilines is 1. The summed E-state index contributed by atoms with van der Waals surface area (Å²) >= 11 is 6.08. The summed E-state index contributed by atoms with van der Waals surface area (Å²) in [5.74, 6) is -0.0442. The lowest BCUT2D eigenvalue weighted by Gasteiger charge is -2.09. The Morgan fingerprint density at radius 1 is 1.22 bits per heavy atom. The summed E-state index contributed by atoms with van der Waals surface area (Å²) in [5, 5.41) is 3.11. The number of rotatable bonds is 5. The molecular weight excluding hydrogens is 370 g/mol. The standard InChI is InChI=1S/C20H18ClNO5/c1-12-3-5-16(13(2)7-12)22-18(23)10-25-19(24)6-4-14-8-15(21)20-17(9-14)26-11-27-20/h3-9H,10-11H2,1-2H3,(H,22,23)/b6-4+. The Bertz CT molecular complexity index is 923. The largest absolute Gasteiger partial charge is 0.454 e. The van der Waals surface area contributed by atoms with Crippen molar-refractivity contribution in [1.29, 1.82) is 0 Å². The first-order valence-corrected chi connectivity index (χ1v) is 8.61. The molecule has 3 rings (SSSR count). The average molecular weight is 388 g/mol. The predicted octanol–water partition coefficient (Wildman–Crippen LogP) is 3.88. The van der Waals surface area contributed by atoms with Crippen LogP contribution < -0.4 is 14.8 Å². The van der Waals surface area contributed by atoms with E-state index >= 15 is 0 Å². The minimum Gasteiger partial charge on any atom is -0.454 e. The van der Waals surface area contributed by atoms with Crippen molar-refractivity contribution in [3.05, 3.63) is 58.1 Å². The van der Waals surface area contributed by atoms with Gasteiger partial charge in [-0.1, -0.05) is 29.3 Å². The molecule has 0 saturated heterocycles. The number of carbonyl (C=O) groups is 2. The summed E-state index contributed by atoms with van der Waals surface area (Å²) in [7, 11) is 0. The van der Waals surface area contributed by atoms with Crippen molar-refractivity contribution in [1.82, 2.24) is 0 Å². The third kappa shape index (κ3) is 4.80. The van der Waals surface area contributed by atoms with Crippen molar-refractivity contribution in [3.63, 3.8) is 0 Å². The van der Waals surface area contributed by atoms with Gasteiger partial charge in [-0.2, -0.15) is 0 Å². The second-order valence-electron chi connectivity index (χ2n) is 6.04. The molecule has 0 atom stereocenters. The van der Waals surface area contributed by atoms with E-state index in [1.807, 2.05) is 32.0 Å². The maximum atomic E-state index is 11.9. The molecule has 1 aliphatic rings. The molecule has 1 N–H and O–H groups in total. The Morgan fingerprint density at radius 3 is 2.81 bits per heavy atom. The zero-order chi connectivity index (χ0) is 19.4. The van der Waals surface area contributed by atoms with E-state index in [2.05, 4.69) is 5.32 Å². The number of aryl methyl sites for hydroxylation is 2. The number of halogens is 1. The molecule has 6 nitrogen and oxygen atoms in total. The molecule has 0 radical (unpaired) electrons. The van der Waals surface area contributed by atoms with Crippen molar-refractivity contribution in [2.24, 2.45) is 0 Å². The van der Waals surface area contributed by atoms with Gasteiger partial charge in [0.2, 0.25) is 6.79 Å². The number of ether oxygens (including phenoxy) is 3. The molecule has 7 heteroatoms. The zero-order valence-electron chi connectivity index (χ0n) is 14.9. The van der Waals surface area contributed by atoms with E-state index < -0.39 is 11.9 Å². The minimum absolute atomic E-state index is 0.111. The summed E-state index contributed by atoms with van der Waals surface area (Å²) < 4.78 is 15.5. The van der Waals surface area contributed by atoms with Crippen molar-refractivity contribution in [3.8, 4) is 11.5 Å². The molecule has 0 saturated carbocycles. The Kier molecular flexibility index (Phi) is 5.66. The number of hydrogen-bond acceptors (Lipinski definition) is 5. The van der Waals surface area contributed by atoms with Gasteiger partial charge in [-0.05, 0) is 49.2 Å². The summed E-state index contributed by atoms with van der Waals surface area (Å²) in [6.45, 7) is 3.60. The first kappa shape index (κ1) is 18.8. The highest BCUT2D eigenvalue weighted by molar-refractivity contribution is 6.32. The summed E-state index contributed by atoms with van der Waals surface area (Å²) in [6, 6.07) is 9.01. The van der Waals surface area contributed by atoms with Gasteiger partial charge in [0.15, 0.2) is 18.1 Å². The second kappa shape index (κ2) is 8.14. The quantitative estimate of drug-likeness (QED) is 0.622. The lowest BCUT2D eigenvalue weighted by Crippen LogP contribution is -2.20. The first-order valence-electron chi connectivity index (χ1n) is 8.23. The molecule has 0 bridgehead atoms. The highest BCUT2D eigenvalue weighted by atomic mass is 35.5. The van der Waals surface area contributed by atoms with E-state index in [1.165, 1.54) is 12.2 Å². The summed E-state index contributed by atoms with van der Waals surface area (Å²) in [6.07, 6.45) is 2.75. The summed E-state index contributed by atoms with van der Waals surface area (Å²) in [4.78, 5) is 23.8. The molecular formula is C20H18ClNO5. The van der Waals surface area contributed by atoms with Gasteiger partial charge in [-0.15, -0.1) is 0 Å². The van der Waals surface area contributed by atoms with Gasteiger partial charge in [0.05, 0.1) is 5.02 Å². The maximum Gasteiger partial charge on any atom is 0.331 e. The number of fused-ring (bicyclic) bond motifs is 1. The average Bonchev–Trinajstić information content (AvgIpc) is 3.10. The van der Waals surface area contributed by atoms with Crippen LogP contribution in [-0.2, 0) is 14.3 Å². The van der Waals surface area contributed by atoms with Crippen LogP contribution in [0.4, 0.5) is 5.69 Å². The van der Waals surface area contributed by atoms with Gasteiger partial charge in [0.25, 0.3) is 5.91 Å². The Morgan fingerprint density at radius 2 is 2.04 bits per heavy atom. The molecule has 0 aliphatic carbocycles. The second-order valence-corrected chi connectivity index (χ2v) is 6.45. The van der Waals surface area contributed by atoms with Gasteiger partial charge in [-0.25, -0.2) is 4.79 Å². The molecule has 140 valence electrons. The maximum absolute atomic E-state index is 11.9. The van der Waals surface area contributed by atoms with Crippen LogP contribution in [0, 0.1) is 13.8 Å². The molecule has 1 heterocycles. The van der Waals surface area contributed by atoms with Crippen molar-refractivity contribution in [2.45, 2.75) is 13.8 Å². The normalized spacial score (nSPS) is 12.3. The van der Waals surface area contributed by atoms with Crippen LogP contribution in [0.25, 0.3) is 6.08 Å². The molecule has 2 aromatic carbocycles. The van der Waals surface area contributed by atoms with Crippen LogP contribution in [0.1, 0.15) is 16.7 Å². The number of nitrogens with one attached hydrogen (secondary N) is 1. The summed E-state index contributed by atoms with van der Waals surface area (Å²) in [5.41, 5.74) is 3.38. The monoisotopic (exact) mass is 387 g/mol. The van der Waals surface area contributed by atoms with E-state index in [4.69, 9.17) is 25.8 Å². The van der Waals surface area contributed by atoms with Crippen LogP contribution >= 0.6 is 11.6 Å². The van der Waals surface area contributed by atoms with Crippen LogP contribution in [0.3, 0.4) is 0 Å². The zero-order valence-corrected chi connectivity index (χ0v) is 15.6. The fourth-order valence-electron chi connectivity index (χ4n) is 2.57. The van der Waals surface area contributed by atoms with Gasteiger partial charge < -0.3 is 19.5 Å². The molecule has 0 fully saturated rings. The van der Waals surface area contributed by atoms with Crippen LogP contribution in [0.5, 0.6) is 11.5 Å². The number of benzene rings is 2. The van der Waals surface area contributed by atoms with E-state index in [0.717, 1.165) is 11.1 Å². The highest BCUT2D eigenvalue weighted by Crippen LogP contribution is 2.40. The Balaban J connectivity index is 1.53. The molecule has 2 aromatic rings. The smallest absolute Gasteiger partial charge is 0.331 e. The van der Waals surface area contributed by atoms with Crippen molar-refractivity contribution >= 4 is 35.2 Å². The molecule has 1 amide bonds. The molecule has 0 unspecified atom stereocenters. The molecule has 0 aromatic heterocycles. The van der Waals surface area contributed by atoms with E-state index in [1.54, 1.807) is 12.1 Å². The topological polar surface area (TPSA) is 73.9 Å². The number of esters is 1. The lowest BCUT2D eigenvalue weighted by atomic mass is 10.1. The van der Waals surface area contributed by atoms with Crippen LogP contribution in [0.2, 0.25) is 5.02 Å². The van der Waals surface area contributed by atoms with E-state index in [-0.39, 0.29) is 13.4 Å². The first-order chi connectivity index (χ1) is 12.9. The van der Waals surface area contributed by atoms with Crippen LogP contribution in [-0.4, -0.2) is 25.3 Å².